The van der Waals surface area contributed by atoms with Crippen LogP contribution in [0.5, 0.6) is 0 Å². The number of primary amides is 1. The summed E-state index contributed by atoms with van der Waals surface area (Å²) in [6.07, 6.45) is 3.09. The van der Waals surface area contributed by atoms with Gasteiger partial charge in [0.05, 0.1) is 15.4 Å². The summed E-state index contributed by atoms with van der Waals surface area (Å²) < 4.78 is 0.767. The van der Waals surface area contributed by atoms with Crippen molar-refractivity contribution in [2.45, 2.75) is 0 Å². The van der Waals surface area contributed by atoms with Crippen LogP contribution in [-0.2, 0) is 0 Å². The Balaban J connectivity index is 2.87. The first-order valence-electron chi connectivity index (χ1n) is 3.72. The minimum atomic E-state index is -0.542. The molecule has 0 aliphatic rings. The van der Waals surface area contributed by atoms with Crippen molar-refractivity contribution in [3.63, 3.8) is 0 Å². The van der Waals surface area contributed by atoms with Gasteiger partial charge in [0.2, 0.25) is 0 Å². The van der Waals surface area contributed by atoms with E-state index in [0.29, 0.717) is 21.0 Å². The van der Waals surface area contributed by atoms with Crippen molar-refractivity contribution in [2.75, 3.05) is 5.73 Å². The number of amides is 1. The lowest BCUT2D eigenvalue weighted by Crippen LogP contribution is -2.10. The summed E-state index contributed by atoms with van der Waals surface area (Å²) in [6.45, 7) is 0. The predicted octanol–water partition coefficient (Wildman–Crippen LogP) is 1.63. The fourth-order valence-electron chi connectivity index (χ4n) is 1.22. The predicted molar refractivity (Wildman–Crippen MR) is 57.6 cm³/mol. The molecular formula is C8H6ClN3OS. The quantitative estimate of drug-likeness (QED) is 0.777. The number of aromatic nitrogens is 1. The summed E-state index contributed by atoms with van der Waals surface area (Å²) in [5.41, 5.74) is 11.2. The van der Waals surface area contributed by atoms with E-state index in [1.807, 2.05) is 0 Å². The van der Waals surface area contributed by atoms with Crippen LogP contribution in [0.25, 0.3) is 10.1 Å². The van der Waals surface area contributed by atoms with Gasteiger partial charge < -0.3 is 11.5 Å². The number of carbonyl (C=O) groups is 1. The molecule has 0 fully saturated rings. The average molecular weight is 228 g/mol. The van der Waals surface area contributed by atoms with E-state index in [-0.39, 0.29) is 0 Å². The topological polar surface area (TPSA) is 82.0 Å². The molecule has 0 radical (unpaired) electrons. The first kappa shape index (κ1) is 9.23. The molecule has 14 heavy (non-hydrogen) atoms. The second kappa shape index (κ2) is 3.11. The molecule has 2 aromatic heterocycles. The number of carbonyl (C=O) groups excluding carboxylic acids is 1. The van der Waals surface area contributed by atoms with E-state index in [9.17, 15) is 4.79 Å². The van der Waals surface area contributed by atoms with Gasteiger partial charge in [0, 0.05) is 17.8 Å². The Bertz CT molecular complexity index is 523. The highest BCUT2D eigenvalue weighted by atomic mass is 35.5. The van der Waals surface area contributed by atoms with Gasteiger partial charge in [0.15, 0.2) is 0 Å². The first-order valence-corrected chi connectivity index (χ1v) is 4.92. The molecule has 1 amide bonds. The monoisotopic (exact) mass is 227 g/mol. The van der Waals surface area contributed by atoms with Crippen molar-refractivity contribution in [1.82, 2.24) is 4.98 Å². The molecular weight excluding hydrogens is 222 g/mol. The smallest absolute Gasteiger partial charge is 0.260 e. The van der Waals surface area contributed by atoms with Crippen molar-refractivity contribution in [3.05, 3.63) is 22.3 Å². The summed E-state index contributed by atoms with van der Waals surface area (Å²) in [5.74, 6) is -0.542. The van der Waals surface area contributed by atoms with Gasteiger partial charge in [-0.25, -0.2) is 0 Å². The highest BCUT2D eigenvalue weighted by Gasteiger charge is 2.15. The Labute approximate surface area is 88.5 Å². The first-order chi connectivity index (χ1) is 6.61. The number of fused-ring (bicyclic) bond motifs is 1. The molecule has 0 aromatic carbocycles. The lowest BCUT2D eigenvalue weighted by Gasteiger charge is -1.94. The minimum Gasteiger partial charge on any atom is -0.397 e. The van der Waals surface area contributed by atoms with Crippen molar-refractivity contribution < 1.29 is 4.79 Å². The van der Waals surface area contributed by atoms with Crippen molar-refractivity contribution in [3.8, 4) is 0 Å². The third-order valence-electron chi connectivity index (χ3n) is 1.81. The Morgan fingerprint density at radius 2 is 2.21 bits per heavy atom. The summed E-state index contributed by atoms with van der Waals surface area (Å²) in [7, 11) is 0. The molecule has 0 aliphatic heterocycles. The number of halogens is 1. The molecule has 6 heteroatoms. The zero-order valence-electron chi connectivity index (χ0n) is 6.95. The van der Waals surface area contributed by atoms with Crippen LogP contribution in [0, 0.1) is 0 Å². The summed E-state index contributed by atoms with van der Waals surface area (Å²) >= 11 is 7.09. The molecule has 0 saturated heterocycles. The van der Waals surface area contributed by atoms with Gasteiger partial charge in [0.25, 0.3) is 5.91 Å². The number of hydrogen-bond acceptors (Lipinski definition) is 4. The molecule has 2 heterocycles. The largest absolute Gasteiger partial charge is 0.397 e. The number of anilines is 1. The maximum Gasteiger partial charge on any atom is 0.260 e. The Kier molecular flexibility index (Phi) is 2.05. The van der Waals surface area contributed by atoms with E-state index in [2.05, 4.69) is 4.98 Å². The van der Waals surface area contributed by atoms with Gasteiger partial charge in [-0.1, -0.05) is 11.6 Å². The zero-order chi connectivity index (χ0) is 10.3. The maximum absolute atomic E-state index is 11.0. The lowest BCUT2D eigenvalue weighted by molar-refractivity contribution is 0.100. The van der Waals surface area contributed by atoms with Crippen LogP contribution in [0.4, 0.5) is 5.69 Å². The second-order valence-electron chi connectivity index (χ2n) is 2.70. The highest BCUT2D eigenvalue weighted by Crippen LogP contribution is 2.36. The number of thiophene rings is 1. The molecule has 0 atom stereocenters. The van der Waals surface area contributed by atoms with E-state index in [1.165, 1.54) is 17.5 Å². The van der Waals surface area contributed by atoms with Crippen LogP contribution in [0.3, 0.4) is 0 Å². The average Bonchev–Trinajstić information content (AvgIpc) is 2.45. The normalized spacial score (nSPS) is 10.6. The number of pyridine rings is 1. The Morgan fingerprint density at radius 1 is 1.50 bits per heavy atom. The van der Waals surface area contributed by atoms with E-state index in [0.717, 1.165) is 4.70 Å². The van der Waals surface area contributed by atoms with E-state index < -0.39 is 5.91 Å². The Morgan fingerprint density at radius 3 is 2.79 bits per heavy atom. The SMILES string of the molecule is NC(=O)c1sc2cncc(Cl)c2c1N. The standard InChI is InChI=1S/C8H6ClN3OS/c9-3-1-12-2-4-5(3)6(10)7(14-4)8(11)13/h1-2H,10H2,(H2,11,13). The van der Waals surface area contributed by atoms with Crippen molar-refractivity contribution >= 4 is 44.6 Å². The van der Waals surface area contributed by atoms with Crippen LogP contribution in [0.1, 0.15) is 9.67 Å². The van der Waals surface area contributed by atoms with Gasteiger partial charge in [-0.05, 0) is 0 Å². The van der Waals surface area contributed by atoms with E-state index in [1.54, 1.807) is 6.20 Å². The summed E-state index contributed by atoms with van der Waals surface area (Å²) in [5, 5.41) is 1.09. The van der Waals surface area contributed by atoms with Gasteiger partial charge in [-0.3, -0.25) is 9.78 Å². The van der Waals surface area contributed by atoms with Gasteiger partial charge in [-0.2, -0.15) is 0 Å². The maximum atomic E-state index is 11.0. The zero-order valence-corrected chi connectivity index (χ0v) is 8.52. The van der Waals surface area contributed by atoms with E-state index >= 15 is 0 Å². The number of rotatable bonds is 1. The van der Waals surface area contributed by atoms with Gasteiger partial charge >= 0.3 is 0 Å². The third kappa shape index (κ3) is 1.21. The molecule has 2 aromatic rings. The van der Waals surface area contributed by atoms with Crippen molar-refractivity contribution in [2.24, 2.45) is 5.73 Å². The fourth-order valence-corrected chi connectivity index (χ4v) is 2.50. The van der Waals surface area contributed by atoms with Gasteiger partial charge in [-0.15, -0.1) is 11.3 Å². The molecule has 72 valence electrons. The summed E-state index contributed by atoms with van der Waals surface area (Å²) in [4.78, 5) is 15.2. The molecule has 4 nitrogen and oxygen atoms in total. The summed E-state index contributed by atoms with van der Waals surface area (Å²) in [6, 6.07) is 0. The van der Waals surface area contributed by atoms with Crippen LogP contribution in [0.15, 0.2) is 12.4 Å². The van der Waals surface area contributed by atoms with Gasteiger partial charge in [0.1, 0.15) is 4.88 Å². The number of hydrogen-bond donors (Lipinski definition) is 2. The third-order valence-corrected chi connectivity index (χ3v) is 3.26. The molecule has 2 rings (SSSR count). The molecule has 0 bridgehead atoms. The number of nitrogens with zero attached hydrogens (tertiary/aromatic N) is 1. The highest BCUT2D eigenvalue weighted by molar-refractivity contribution is 7.21. The van der Waals surface area contributed by atoms with Crippen molar-refractivity contribution in [1.29, 1.82) is 0 Å². The Hall–Kier alpha value is -1.33. The van der Waals surface area contributed by atoms with Crippen LogP contribution in [-0.4, -0.2) is 10.9 Å². The molecule has 0 spiro atoms. The lowest BCUT2D eigenvalue weighted by atomic mass is 10.2. The van der Waals surface area contributed by atoms with Crippen LogP contribution in [0.2, 0.25) is 5.02 Å². The minimum absolute atomic E-state index is 0.329. The number of nitrogens with two attached hydrogens (primary N) is 2. The fraction of sp³-hybridized carbons (Fsp3) is 0. The van der Waals surface area contributed by atoms with Crippen LogP contribution < -0.4 is 11.5 Å². The molecule has 0 saturated carbocycles. The second-order valence-corrected chi connectivity index (χ2v) is 4.16. The van der Waals surface area contributed by atoms with E-state index in [4.69, 9.17) is 23.1 Å². The van der Waals surface area contributed by atoms with Crippen LogP contribution >= 0.6 is 22.9 Å². The molecule has 0 unspecified atom stereocenters. The molecule has 0 aliphatic carbocycles. The molecule has 4 N–H and O–H groups in total. The number of nitrogen functional groups attached to an aromatic ring is 1.